The van der Waals surface area contributed by atoms with E-state index >= 15 is 0 Å². The highest BCUT2D eigenvalue weighted by molar-refractivity contribution is 5.36. The van der Waals surface area contributed by atoms with Crippen LogP contribution in [0.1, 0.15) is 23.1 Å². The van der Waals surface area contributed by atoms with Crippen LogP contribution >= 0.6 is 0 Å². The fraction of sp³-hybridized carbons (Fsp3) is 0.455. The maximum atomic E-state index is 5.60. The molecule has 13 heavy (non-hydrogen) atoms. The molecule has 1 saturated heterocycles. The quantitative estimate of drug-likeness (QED) is 0.644. The van der Waals surface area contributed by atoms with Gasteiger partial charge in [-0.3, -0.25) is 0 Å². The monoisotopic (exact) mass is 175 g/mol. The van der Waals surface area contributed by atoms with Gasteiger partial charge in [0.25, 0.3) is 0 Å². The Hall–Kier alpha value is -0.860. The standard InChI is InChI=1S/C11H13NO/c1-2-4-10-9(3-1)8-5-12-11(10)7-13-6-8/h1-4,8,11-12H,5-7H2. The van der Waals surface area contributed by atoms with Crippen LogP contribution in [-0.2, 0) is 4.74 Å². The number of ether oxygens (including phenoxy) is 1. The summed E-state index contributed by atoms with van der Waals surface area (Å²) < 4.78 is 5.60. The molecule has 2 heteroatoms. The van der Waals surface area contributed by atoms with Gasteiger partial charge in [-0.05, 0) is 11.1 Å². The molecule has 0 amide bonds. The van der Waals surface area contributed by atoms with Gasteiger partial charge >= 0.3 is 0 Å². The molecule has 0 aliphatic carbocycles. The number of benzene rings is 1. The van der Waals surface area contributed by atoms with E-state index in [9.17, 15) is 0 Å². The van der Waals surface area contributed by atoms with Gasteiger partial charge in [0.15, 0.2) is 0 Å². The van der Waals surface area contributed by atoms with E-state index in [1.807, 2.05) is 0 Å². The zero-order valence-electron chi connectivity index (χ0n) is 7.49. The second-order valence-electron chi connectivity index (χ2n) is 3.82. The second kappa shape index (κ2) is 2.82. The lowest BCUT2D eigenvalue weighted by Gasteiger charge is -2.26. The van der Waals surface area contributed by atoms with Crippen molar-refractivity contribution in [1.29, 1.82) is 0 Å². The maximum absolute atomic E-state index is 5.60. The Morgan fingerprint density at radius 1 is 1.15 bits per heavy atom. The van der Waals surface area contributed by atoms with Crippen LogP contribution in [0.3, 0.4) is 0 Å². The smallest absolute Gasteiger partial charge is 0.0661 e. The zero-order valence-corrected chi connectivity index (χ0v) is 7.49. The van der Waals surface area contributed by atoms with Crippen molar-refractivity contribution in [3.05, 3.63) is 35.4 Å². The molecule has 68 valence electrons. The highest BCUT2D eigenvalue weighted by Crippen LogP contribution is 2.33. The summed E-state index contributed by atoms with van der Waals surface area (Å²) in [7, 11) is 0. The molecule has 1 aromatic rings. The third kappa shape index (κ3) is 1.10. The van der Waals surface area contributed by atoms with Crippen molar-refractivity contribution in [1.82, 2.24) is 5.32 Å². The van der Waals surface area contributed by atoms with Gasteiger partial charge in [-0.15, -0.1) is 0 Å². The summed E-state index contributed by atoms with van der Waals surface area (Å²) in [5.41, 5.74) is 2.93. The Bertz CT molecular complexity index is 289. The first-order chi connectivity index (χ1) is 6.45. The molecule has 1 fully saturated rings. The van der Waals surface area contributed by atoms with Crippen molar-refractivity contribution >= 4 is 0 Å². The van der Waals surface area contributed by atoms with Crippen LogP contribution < -0.4 is 5.32 Å². The van der Waals surface area contributed by atoms with Crippen molar-refractivity contribution in [2.45, 2.75) is 12.0 Å². The van der Waals surface area contributed by atoms with Gasteiger partial charge in [-0.1, -0.05) is 24.3 Å². The van der Waals surface area contributed by atoms with Gasteiger partial charge in [-0.2, -0.15) is 0 Å². The van der Waals surface area contributed by atoms with Crippen LogP contribution in [-0.4, -0.2) is 19.8 Å². The Labute approximate surface area is 77.9 Å². The number of nitrogens with one attached hydrogen (secondary N) is 1. The SMILES string of the molecule is c1ccc2c(c1)C1CNC2COC1. The lowest BCUT2D eigenvalue weighted by Crippen LogP contribution is -2.32. The molecule has 0 aromatic heterocycles. The Morgan fingerprint density at radius 2 is 2.00 bits per heavy atom. The molecule has 2 bridgehead atoms. The fourth-order valence-electron chi connectivity index (χ4n) is 2.33. The lowest BCUT2D eigenvalue weighted by atomic mass is 9.88. The minimum absolute atomic E-state index is 0.426. The predicted molar refractivity (Wildman–Crippen MR) is 50.7 cm³/mol. The van der Waals surface area contributed by atoms with Gasteiger partial charge in [0.2, 0.25) is 0 Å². The minimum Gasteiger partial charge on any atom is -0.379 e. The summed E-state index contributed by atoms with van der Waals surface area (Å²) in [6.45, 7) is 2.77. The van der Waals surface area contributed by atoms with Gasteiger partial charge in [0, 0.05) is 12.5 Å². The number of hydrogen-bond acceptors (Lipinski definition) is 2. The van der Waals surface area contributed by atoms with Gasteiger partial charge < -0.3 is 10.1 Å². The van der Waals surface area contributed by atoms with Crippen molar-refractivity contribution in [3.63, 3.8) is 0 Å². The summed E-state index contributed by atoms with van der Waals surface area (Å²) in [6, 6.07) is 9.12. The molecule has 2 nitrogen and oxygen atoms in total. The molecular formula is C11H13NO. The van der Waals surface area contributed by atoms with Crippen molar-refractivity contribution < 1.29 is 4.74 Å². The molecule has 0 spiro atoms. The molecule has 0 saturated carbocycles. The lowest BCUT2D eigenvalue weighted by molar-refractivity contribution is 0.131. The second-order valence-corrected chi connectivity index (χ2v) is 3.82. The van der Waals surface area contributed by atoms with E-state index in [4.69, 9.17) is 4.74 Å². The fourth-order valence-corrected chi connectivity index (χ4v) is 2.33. The minimum atomic E-state index is 0.426. The van der Waals surface area contributed by atoms with Crippen LogP contribution in [0.5, 0.6) is 0 Å². The van der Waals surface area contributed by atoms with Crippen LogP contribution in [0.25, 0.3) is 0 Å². The molecule has 0 radical (unpaired) electrons. The van der Waals surface area contributed by atoms with Crippen LogP contribution in [0.15, 0.2) is 24.3 Å². The molecule has 3 aliphatic rings. The van der Waals surface area contributed by atoms with E-state index in [0.29, 0.717) is 12.0 Å². The summed E-state index contributed by atoms with van der Waals surface area (Å²) in [6.07, 6.45) is 0. The average molecular weight is 175 g/mol. The Balaban J connectivity index is 2.15. The first kappa shape index (κ1) is 7.54. The molecule has 2 unspecified atom stereocenters. The highest BCUT2D eigenvalue weighted by atomic mass is 16.5. The third-order valence-corrected chi connectivity index (χ3v) is 3.03. The normalized spacial score (nSPS) is 31.1. The van der Waals surface area contributed by atoms with Gasteiger partial charge in [-0.25, -0.2) is 0 Å². The molecule has 1 N–H and O–H groups in total. The summed E-state index contributed by atoms with van der Waals surface area (Å²) in [5.74, 6) is 0.565. The number of hydrogen-bond donors (Lipinski definition) is 1. The third-order valence-electron chi connectivity index (χ3n) is 3.03. The number of fused-ring (bicyclic) bond motifs is 3. The summed E-state index contributed by atoms with van der Waals surface area (Å²) in [5, 5.41) is 3.51. The van der Waals surface area contributed by atoms with E-state index in [2.05, 4.69) is 29.6 Å². The molecule has 2 atom stereocenters. The number of rotatable bonds is 0. The topological polar surface area (TPSA) is 21.3 Å². The maximum Gasteiger partial charge on any atom is 0.0661 e. The van der Waals surface area contributed by atoms with Crippen LogP contribution in [0, 0.1) is 0 Å². The van der Waals surface area contributed by atoms with Crippen molar-refractivity contribution in [2.24, 2.45) is 0 Å². The Morgan fingerprint density at radius 3 is 2.92 bits per heavy atom. The van der Waals surface area contributed by atoms with E-state index in [1.54, 1.807) is 0 Å². The van der Waals surface area contributed by atoms with Crippen LogP contribution in [0.4, 0.5) is 0 Å². The highest BCUT2D eigenvalue weighted by Gasteiger charge is 2.29. The first-order valence-corrected chi connectivity index (χ1v) is 4.85. The van der Waals surface area contributed by atoms with E-state index in [0.717, 1.165) is 19.8 Å². The van der Waals surface area contributed by atoms with Gasteiger partial charge in [0.1, 0.15) is 0 Å². The van der Waals surface area contributed by atoms with E-state index < -0.39 is 0 Å². The molecular weight excluding hydrogens is 162 g/mol. The van der Waals surface area contributed by atoms with Crippen molar-refractivity contribution in [3.8, 4) is 0 Å². The first-order valence-electron chi connectivity index (χ1n) is 4.85. The summed E-state index contributed by atoms with van der Waals surface area (Å²) >= 11 is 0. The van der Waals surface area contributed by atoms with E-state index in [1.165, 1.54) is 11.1 Å². The molecule has 3 heterocycles. The van der Waals surface area contributed by atoms with Crippen molar-refractivity contribution in [2.75, 3.05) is 19.8 Å². The molecule has 4 rings (SSSR count). The summed E-state index contributed by atoms with van der Waals surface area (Å²) in [4.78, 5) is 0. The van der Waals surface area contributed by atoms with E-state index in [-0.39, 0.29) is 0 Å². The largest absolute Gasteiger partial charge is 0.379 e. The Kier molecular flexibility index (Phi) is 1.64. The van der Waals surface area contributed by atoms with Crippen LogP contribution in [0.2, 0.25) is 0 Å². The molecule has 3 aliphatic heterocycles. The molecule has 1 aromatic carbocycles. The predicted octanol–water partition coefficient (Wildman–Crippen LogP) is 1.44. The van der Waals surface area contributed by atoms with Gasteiger partial charge in [0.05, 0.1) is 19.3 Å². The zero-order chi connectivity index (χ0) is 8.67. The average Bonchev–Trinajstić information content (AvgIpc) is 2.52.